The van der Waals surface area contributed by atoms with Gasteiger partial charge in [-0.1, -0.05) is 19.9 Å². The van der Waals surface area contributed by atoms with Gasteiger partial charge in [0.2, 0.25) is 0 Å². The highest BCUT2D eigenvalue weighted by atomic mass is 19.1. The molecule has 1 aromatic carbocycles. The molecule has 1 aromatic rings. The summed E-state index contributed by atoms with van der Waals surface area (Å²) in [5.41, 5.74) is -0.00890. The summed E-state index contributed by atoms with van der Waals surface area (Å²) < 4.78 is 13.0. The fourth-order valence-electron chi connectivity index (χ4n) is 2.02. The van der Waals surface area contributed by atoms with Crippen LogP contribution in [0.2, 0.25) is 0 Å². The van der Waals surface area contributed by atoms with E-state index in [1.165, 1.54) is 18.2 Å². The first-order chi connectivity index (χ1) is 7.91. The predicted molar refractivity (Wildman–Crippen MR) is 62.1 cm³/mol. The maximum Gasteiger partial charge on any atom is 0.251 e. The number of rotatable bonds is 2. The quantitative estimate of drug-likeness (QED) is 0.822. The fourth-order valence-corrected chi connectivity index (χ4v) is 2.02. The van der Waals surface area contributed by atoms with Crippen LogP contribution in [0.15, 0.2) is 24.3 Å². The van der Waals surface area contributed by atoms with Crippen molar-refractivity contribution in [1.29, 1.82) is 0 Å². The highest BCUT2D eigenvalue weighted by molar-refractivity contribution is 5.94. The monoisotopic (exact) mass is 237 g/mol. The molecule has 2 unspecified atom stereocenters. The molecule has 2 atom stereocenters. The van der Waals surface area contributed by atoms with Crippen molar-refractivity contribution in [2.45, 2.75) is 32.4 Å². The molecule has 1 aliphatic rings. The van der Waals surface area contributed by atoms with E-state index < -0.39 is 5.82 Å². The van der Waals surface area contributed by atoms with Crippen molar-refractivity contribution in [2.24, 2.45) is 5.41 Å². The van der Waals surface area contributed by atoms with Crippen LogP contribution in [0, 0.1) is 11.2 Å². The van der Waals surface area contributed by atoms with Crippen LogP contribution in [0.3, 0.4) is 0 Å². The minimum atomic E-state index is -0.425. The highest BCUT2D eigenvalue weighted by Crippen LogP contribution is 2.40. The molecule has 3 nitrogen and oxygen atoms in total. The maximum absolute atomic E-state index is 13.0. The Morgan fingerprint density at radius 3 is 2.76 bits per heavy atom. The lowest BCUT2D eigenvalue weighted by atomic mass is 9.64. The van der Waals surface area contributed by atoms with Crippen LogP contribution in [-0.2, 0) is 0 Å². The van der Waals surface area contributed by atoms with Gasteiger partial charge in [0.1, 0.15) is 5.82 Å². The van der Waals surface area contributed by atoms with Gasteiger partial charge >= 0.3 is 0 Å². The van der Waals surface area contributed by atoms with Gasteiger partial charge in [-0.15, -0.1) is 0 Å². The molecule has 0 saturated heterocycles. The number of carbonyl (C=O) groups is 1. The standard InChI is InChI=1S/C13H16FNO2/c1-13(2)10(7-11(13)16)15-12(17)8-4-3-5-9(14)6-8/h3-6,10-11,16H,7H2,1-2H3,(H,15,17). The van der Waals surface area contributed by atoms with E-state index in [2.05, 4.69) is 5.32 Å². The zero-order valence-corrected chi connectivity index (χ0v) is 9.90. The molecule has 1 fully saturated rings. The van der Waals surface area contributed by atoms with Crippen LogP contribution in [0.25, 0.3) is 0 Å². The first-order valence-electron chi connectivity index (χ1n) is 5.66. The maximum atomic E-state index is 13.0. The molecule has 2 N–H and O–H groups in total. The van der Waals surface area contributed by atoms with Crippen molar-refractivity contribution < 1.29 is 14.3 Å². The molecule has 17 heavy (non-hydrogen) atoms. The zero-order chi connectivity index (χ0) is 12.6. The van der Waals surface area contributed by atoms with Crippen molar-refractivity contribution in [3.63, 3.8) is 0 Å². The van der Waals surface area contributed by atoms with Crippen LogP contribution in [0.4, 0.5) is 4.39 Å². The third kappa shape index (κ3) is 2.17. The normalized spacial score (nSPS) is 26.1. The van der Waals surface area contributed by atoms with Crippen molar-refractivity contribution in [3.05, 3.63) is 35.6 Å². The number of carbonyl (C=O) groups excluding carboxylic acids is 1. The average molecular weight is 237 g/mol. The van der Waals surface area contributed by atoms with E-state index in [9.17, 15) is 14.3 Å². The number of hydrogen-bond acceptors (Lipinski definition) is 2. The van der Waals surface area contributed by atoms with Crippen LogP contribution >= 0.6 is 0 Å². The Hall–Kier alpha value is -1.42. The minimum absolute atomic E-state index is 0.0618. The van der Waals surface area contributed by atoms with Gasteiger partial charge in [0, 0.05) is 17.0 Å². The third-order valence-corrected chi connectivity index (χ3v) is 3.61. The number of benzene rings is 1. The number of aliphatic hydroxyl groups is 1. The predicted octanol–water partition coefficient (Wildman–Crippen LogP) is 1.71. The first kappa shape index (κ1) is 12.0. The second-order valence-corrected chi connectivity index (χ2v) is 5.11. The summed E-state index contributed by atoms with van der Waals surface area (Å²) in [6, 6.07) is 5.52. The van der Waals surface area contributed by atoms with E-state index in [1.807, 2.05) is 13.8 Å². The average Bonchev–Trinajstić information content (AvgIpc) is 2.28. The summed E-state index contributed by atoms with van der Waals surface area (Å²) in [4.78, 5) is 11.8. The smallest absolute Gasteiger partial charge is 0.251 e. The van der Waals surface area contributed by atoms with Crippen LogP contribution in [0.5, 0.6) is 0 Å². The van der Waals surface area contributed by atoms with Gasteiger partial charge in [-0.3, -0.25) is 4.79 Å². The molecule has 0 bridgehead atoms. The fraction of sp³-hybridized carbons (Fsp3) is 0.462. The summed E-state index contributed by atoms with van der Waals surface area (Å²) >= 11 is 0. The summed E-state index contributed by atoms with van der Waals surface area (Å²) in [5.74, 6) is -0.722. The number of amides is 1. The van der Waals surface area contributed by atoms with Crippen molar-refractivity contribution in [1.82, 2.24) is 5.32 Å². The summed E-state index contributed by atoms with van der Waals surface area (Å²) in [6.07, 6.45) is 0.161. The number of aliphatic hydroxyl groups excluding tert-OH is 1. The lowest BCUT2D eigenvalue weighted by molar-refractivity contribution is -0.0689. The number of halogens is 1. The number of hydrogen-bond donors (Lipinski definition) is 2. The molecule has 0 aromatic heterocycles. The molecular weight excluding hydrogens is 221 g/mol. The van der Waals surface area contributed by atoms with Crippen LogP contribution in [0.1, 0.15) is 30.6 Å². The van der Waals surface area contributed by atoms with Crippen LogP contribution in [-0.4, -0.2) is 23.2 Å². The lowest BCUT2D eigenvalue weighted by Crippen LogP contribution is -2.61. The molecule has 0 aliphatic heterocycles. The topological polar surface area (TPSA) is 49.3 Å². The Morgan fingerprint density at radius 1 is 1.53 bits per heavy atom. The molecule has 4 heteroatoms. The van der Waals surface area contributed by atoms with E-state index in [-0.39, 0.29) is 23.5 Å². The van der Waals surface area contributed by atoms with Gasteiger partial charge in [-0.2, -0.15) is 0 Å². The molecule has 0 radical (unpaired) electrons. The van der Waals surface area contributed by atoms with Gasteiger partial charge in [0.15, 0.2) is 0 Å². The van der Waals surface area contributed by atoms with E-state index in [1.54, 1.807) is 6.07 Å². The second kappa shape index (κ2) is 4.11. The molecule has 2 rings (SSSR count). The Bertz CT molecular complexity index is 445. The zero-order valence-electron chi connectivity index (χ0n) is 9.90. The van der Waals surface area contributed by atoms with Gasteiger partial charge in [-0.05, 0) is 24.6 Å². The molecule has 0 heterocycles. The summed E-state index contributed by atoms with van der Waals surface area (Å²) in [7, 11) is 0. The largest absolute Gasteiger partial charge is 0.392 e. The van der Waals surface area contributed by atoms with Gasteiger partial charge in [0.05, 0.1) is 6.10 Å². The molecule has 1 aliphatic carbocycles. The van der Waals surface area contributed by atoms with E-state index in [0.717, 1.165) is 0 Å². The molecule has 1 amide bonds. The second-order valence-electron chi connectivity index (χ2n) is 5.11. The summed E-state index contributed by atoms with van der Waals surface area (Å²) in [5, 5.41) is 12.4. The SMILES string of the molecule is CC1(C)C(O)CC1NC(=O)c1cccc(F)c1. The third-order valence-electron chi connectivity index (χ3n) is 3.61. The molecule has 0 spiro atoms. The van der Waals surface area contributed by atoms with Gasteiger partial charge in [-0.25, -0.2) is 4.39 Å². The molecule has 92 valence electrons. The summed E-state index contributed by atoms with van der Waals surface area (Å²) in [6.45, 7) is 3.80. The van der Waals surface area contributed by atoms with E-state index in [0.29, 0.717) is 12.0 Å². The Balaban J connectivity index is 2.04. The lowest BCUT2D eigenvalue weighted by Gasteiger charge is -2.49. The van der Waals surface area contributed by atoms with Gasteiger partial charge in [0.25, 0.3) is 5.91 Å². The Morgan fingerprint density at radius 2 is 2.24 bits per heavy atom. The Labute approximate surface area is 99.7 Å². The van der Waals surface area contributed by atoms with E-state index in [4.69, 9.17) is 0 Å². The van der Waals surface area contributed by atoms with Crippen LogP contribution < -0.4 is 5.32 Å². The first-order valence-corrected chi connectivity index (χ1v) is 5.66. The molecular formula is C13H16FNO2. The highest BCUT2D eigenvalue weighted by Gasteiger charge is 2.47. The van der Waals surface area contributed by atoms with Crippen molar-refractivity contribution in [3.8, 4) is 0 Å². The number of nitrogens with one attached hydrogen (secondary N) is 1. The minimum Gasteiger partial charge on any atom is -0.392 e. The van der Waals surface area contributed by atoms with E-state index >= 15 is 0 Å². The van der Waals surface area contributed by atoms with Gasteiger partial charge < -0.3 is 10.4 Å². The molecule has 1 saturated carbocycles. The van der Waals surface area contributed by atoms with Crippen molar-refractivity contribution >= 4 is 5.91 Å². The Kier molecular flexibility index (Phi) is 2.91. The van der Waals surface area contributed by atoms with Crippen molar-refractivity contribution in [2.75, 3.05) is 0 Å².